The Morgan fingerprint density at radius 3 is 2.68 bits per heavy atom. The minimum absolute atomic E-state index is 0.0666. The molecule has 2 heterocycles. The number of hydrogen-bond donors (Lipinski definition) is 1. The van der Waals surface area contributed by atoms with Crippen LogP contribution in [0.5, 0.6) is 0 Å². The summed E-state index contributed by atoms with van der Waals surface area (Å²) >= 11 is 0. The van der Waals surface area contributed by atoms with E-state index < -0.39 is 0 Å². The number of likely N-dealkylation sites (N-methyl/N-ethyl adjacent to an activating group) is 1. The van der Waals surface area contributed by atoms with Gasteiger partial charge in [-0.25, -0.2) is 9.50 Å². The van der Waals surface area contributed by atoms with E-state index in [2.05, 4.69) is 28.8 Å². The zero-order valence-corrected chi connectivity index (χ0v) is 13.4. The van der Waals surface area contributed by atoms with Crippen molar-refractivity contribution in [3.05, 3.63) is 29.7 Å². The highest BCUT2D eigenvalue weighted by Crippen LogP contribution is 2.12. The monoisotopic (exact) mass is 305 g/mol. The van der Waals surface area contributed by atoms with Crippen LogP contribution in [0.1, 0.15) is 29.8 Å². The van der Waals surface area contributed by atoms with Gasteiger partial charge in [0.2, 0.25) is 0 Å². The van der Waals surface area contributed by atoms with Gasteiger partial charge in [-0.15, -0.1) is 0 Å². The highest BCUT2D eigenvalue weighted by atomic mass is 16.3. The highest BCUT2D eigenvalue weighted by Gasteiger charge is 2.17. The van der Waals surface area contributed by atoms with Crippen molar-refractivity contribution in [2.75, 3.05) is 33.3 Å². The van der Waals surface area contributed by atoms with Crippen LogP contribution in [-0.2, 0) is 6.54 Å². The van der Waals surface area contributed by atoms with Crippen molar-refractivity contribution in [2.24, 2.45) is 0 Å². The fourth-order valence-electron chi connectivity index (χ4n) is 2.31. The lowest BCUT2D eigenvalue weighted by Gasteiger charge is -2.17. The molecule has 7 nitrogen and oxygen atoms in total. The third kappa shape index (κ3) is 3.42. The van der Waals surface area contributed by atoms with Crippen LogP contribution in [0, 0.1) is 0 Å². The molecule has 0 radical (unpaired) electrons. The van der Waals surface area contributed by atoms with E-state index in [1.807, 2.05) is 6.20 Å². The smallest absolute Gasteiger partial charge is 0.259 e. The van der Waals surface area contributed by atoms with Gasteiger partial charge in [-0.3, -0.25) is 9.69 Å². The van der Waals surface area contributed by atoms with Crippen LogP contribution in [0.15, 0.2) is 18.6 Å². The molecule has 2 aromatic heterocycles. The number of nitrogens with zero attached hydrogens (tertiary/aromatic N) is 5. The van der Waals surface area contributed by atoms with Crippen molar-refractivity contribution in [1.82, 2.24) is 24.4 Å². The van der Waals surface area contributed by atoms with Crippen LogP contribution in [0.4, 0.5) is 0 Å². The van der Waals surface area contributed by atoms with Gasteiger partial charge in [0.25, 0.3) is 5.91 Å². The quantitative estimate of drug-likeness (QED) is 0.812. The van der Waals surface area contributed by atoms with Gasteiger partial charge in [-0.1, -0.05) is 13.8 Å². The number of fused-ring (bicyclic) bond motifs is 1. The number of amides is 1. The van der Waals surface area contributed by atoms with E-state index >= 15 is 0 Å². The molecule has 0 aromatic carbocycles. The second-order valence-electron chi connectivity index (χ2n) is 5.20. The first-order chi connectivity index (χ1) is 10.6. The normalized spacial score (nSPS) is 11.3. The number of carbonyl (C=O) groups excluding carboxylic acids is 1. The van der Waals surface area contributed by atoms with Crippen molar-refractivity contribution >= 4 is 11.6 Å². The standard InChI is InChI=1S/C15H23N5O2/c1-4-19(5-2)10-12-8-16-14-13(9-17-20(14)11-12)15(22)18(3)6-7-21/h8-9,11,21H,4-7,10H2,1-3H3. The van der Waals surface area contributed by atoms with Crippen LogP contribution in [0.3, 0.4) is 0 Å². The molecular formula is C15H23N5O2. The average molecular weight is 305 g/mol. The molecule has 0 saturated heterocycles. The van der Waals surface area contributed by atoms with Gasteiger partial charge in [-0.2, -0.15) is 5.10 Å². The molecule has 0 unspecified atom stereocenters. The van der Waals surface area contributed by atoms with E-state index in [9.17, 15) is 4.79 Å². The minimum Gasteiger partial charge on any atom is -0.395 e. The van der Waals surface area contributed by atoms with Crippen LogP contribution < -0.4 is 0 Å². The molecule has 22 heavy (non-hydrogen) atoms. The lowest BCUT2D eigenvalue weighted by Crippen LogP contribution is -2.29. The Balaban J connectivity index is 2.25. The van der Waals surface area contributed by atoms with Crippen LogP contribution >= 0.6 is 0 Å². The number of aromatic nitrogens is 3. The number of hydrogen-bond acceptors (Lipinski definition) is 5. The van der Waals surface area contributed by atoms with Crippen molar-refractivity contribution in [2.45, 2.75) is 20.4 Å². The SMILES string of the molecule is CCN(CC)Cc1cnc2c(C(=O)N(C)CCO)cnn2c1. The van der Waals surface area contributed by atoms with E-state index in [-0.39, 0.29) is 19.1 Å². The lowest BCUT2D eigenvalue weighted by molar-refractivity contribution is 0.0768. The third-order valence-electron chi connectivity index (χ3n) is 3.72. The van der Waals surface area contributed by atoms with Gasteiger partial charge in [0.05, 0.1) is 12.8 Å². The van der Waals surface area contributed by atoms with Crippen LogP contribution in [-0.4, -0.2) is 68.7 Å². The van der Waals surface area contributed by atoms with Gasteiger partial charge in [0.15, 0.2) is 5.65 Å². The first kappa shape index (κ1) is 16.4. The molecule has 0 aliphatic rings. The summed E-state index contributed by atoms with van der Waals surface area (Å²) in [5.74, 6) is -0.187. The van der Waals surface area contributed by atoms with Crippen LogP contribution in [0.25, 0.3) is 5.65 Å². The molecule has 0 atom stereocenters. The summed E-state index contributed by atoms with van der Waals surface area (Å²) in [6.45, 7) is 7.23. The molecular weight excluding hydrogens is 282 g/mol. The topological polar surface area (TPSA) is 74.0 Å². The van der Waals surface area contributed by atoms with Crippen molar-refractivity contribution in [3.63, 3.8) is 0 Å². The van der Waals surface area contributed by atoms with Crippen molar-refractivity contribution in [3.8, 4) is 0 Å². The summed E-state index contributed by atoms with van der Waals surface area (Å²) in [4.78, 5) is 20.4. The summed E-state index contributed by atoms with van der Waals surface area (Å²) in [7, 11) is 1.65. The first-order valence-electron chi connectivity index (χ1n) is 7.51. The minimum atomic E-state index is -0.187. The maximum Gasteiger partial charge on any atom is 0.259 e. The molecule has 0 spiro atoms. The van der Waals surface area contributed by atoms with Crippen LogP contribution in [0.2, 0.25) is 0 Å². The predicted octanol–water partition coefficient (Wildman–Crippen LogP) is 0.635. The molecule has 7 heteroatoms. The summed E-state index contributed by atoms with van der Waals surface area (Å²) in [6.07, 6.45) is 5.22. The third-order valence-corrected chi connectivity index (χ3v) is 3.72. The molecule has 120 valence electrons. The Labute approximate surface area is 130 Å². The number of carbonyl (C=O) groups is 1. The fourth-order valence-corrected chi connectivity index (χ4v) is 2.31. The second-order valence-corrected chi connectivity index (χ2v) is 5.20. The maximum absolute atomic E-state index is 12.3. The first-order valence-corrected chi connectivity index (χ1v) is 7.51. The zero-order chi connectivity index (χ0) is 16.1. The largest absolute Gasteiger partial charge is 0.395 e. The Morgan fingerprint density at radius 1 is 1.32 bits per heavy atom. The van der Waals surface area contributed by atoms with Gasteiger partial charge >= 0.3 is 0 Å². The number of rotatable bonds is 7. The summed E-state index contributed by atoms with van der Waals surface area (Å²) in [5, 5.41) is 13.2. The fraction of sp³-hybridized carbons (Fsp3) is 0.533. The van der Waals surface area contributed by atoms with E-state index in [0.29, 0.717) is 11.2 Å². The Hall–Kier alpha value is -1.99. The Kier molecular flexibility index (Phi) is 5.46. The van der Waals surface area contributed by atoms with E-state index in [0.717, 1.165) is 25.2 Å². The summed E-state index contributed by atoms with van der Waals surface area (Å²) < 4.78 is 1.64. The summed E-state index contributed by atoms with van der Waals surface area (Å²) in [5.41, 5.74) is 2.05. The molecule has 0 aliphatic carbocycles. The van der Waals surface area contributed by atoms with Gasteiger partial charge in [-0.05, 0) is 13.1 Å². The highest BCUT2D eigenvalue weighted by molar-refractivity contribution is 5.99. The number of aliphatic hydroxyl groups is 1. The lowest BCUT2D eigenvalue weighted by atomic mass is 10.2. The molecule has 0 saturated carbocycles. The second kappa shape index (κ2) is 7.33. The predicted molar refractivity (Wildman–Crippen MR) is 83.7 cm³/mol. The molecule has 2 rings (SSSR count). The average Bonchev–Trinajstić information content (AvgIpc) is 2.95. The number of aliphatic hydroxyl groups excluding tert-OH is 1. The van der Waals surface area contributed by atoms with Gasteiger partial charge in [0, 0.05) is 38.1 Å². The van der Waals surface area contributed by atoms with Gasteiger partial charge < -0.3 is 10.0 Å². The zero-order valence-electron chi connectivity index (χ0n) is 13.4. The van der Waals surface area contributed by atoms with E-state index in [1.165, 1.54) is 11.1 Å². The van der Waals surface area contributed by atoms with E-state index in [4.69, 9.17) is 5.11 Å². The Morgan fingerprint density at radius 2 is 2.05 bits per heavy atom. The molecule has 0 bridgehead atoms. The Bertz CT molecular complexity index is 636. The molecule has 0 fully saturated rings. The summed E-state index contributed by atoms with van der Waals surface area (Å²) in [6, 6.07) is 0. The van der Waals surface area contributed by atoms with Crippen molar-refractivity contribution in [1.29, 1.82) is 0 Å². The maximum atomic E-state index is 12.3. The van der Waals surface area contributed by atoms with Gasteiger partial charge in [0.1, 0.15) is 5.56 Å². The molecule has 0 aliphatic heterocycles. The van der Waals surface area contributed by atoms with E-state index in [1.54, 1.807) is 17.8 Å². The molecule has 1 N–H and O–H groups in total. The molecule has 1 amide bonds. The molecule has 2 aromatic rings. The van der Waals surface area contributed by atoms with Crippen molar-refractivity contribution < 1.29 is 9.90 Å².